The molecule has 0 fully saturated rings. The molecule has 0 atom stereocenters. The summed E-state index contributed by atoms with van der Waals surface area (Å²) < 4.78 is 0. The Bertz CT molecular complexity index is 484. The predicted molar refractivity (Wildman–Crippen MR) is 81.6 cm³/mol. The van der Waals surface area contributed by atoms with Crippen LogP contribution in [0.3, 0.4) is 0 Å². The van der Waals surface area contributed by atoms with Crippen LogP contribution in [0.1, 0.15) is 26.3 Å². The minimum Gasteiger partial charge on any atom is -0.399 e. The molecule has 1 aromatic carbocycles. The number of rotatable bonds is 4. The Hall–Kier alpha value is -2.03. The third-order valence-corrected chi connectivity index (χ3v) is 2.72. The molecule has 0 saturated carbocycles. The summed E-state index contributed by atoms with van der Waals surface area (Å²) >= 11 is 0. The molecule has 0 bridgehead atoms. The van der Waals surface area contributed by atoms with Gasteiger partial charge in [-0.3, -0.25) is 4.79 Å². The zero-order valence-corrected chi connectivity index (χ0v) is 11.9. The first-order valence-electron chi connectivity index (χ1n) is 6.30. The summed E-state index contributed by atoms with van der Waals surface area (Å²) in [5.41, 5.74) is 7.07. The van der Waals surface area contributed by atoms with Gasteiger partial charge in [-0.2, -0.15) is 0 Å². The molecule has 0 saturated heterocycles. The second-order valence-electron chi connectivity index (χ2n) is 5.41. The molecule has 102 valence electrons. The van der Waals surface area contributed by atoms with Gasteiger partial charge >= 0.3 is 0 Å². The fourth-order valence-corrected chi connectivity index (χ4v) is 1.74. The van der Waals surface area contributed by atoms with Crippen LogP contribution in [0.2, 0.25) is 0 Å². The third-order valence-electron chi connectivity index (χ3n) is 2.72. The van der Waals surface area contributed by atoms with Crippen molar-refractivity contribution in [2.24, 2.45) is 0 Å². The van der Waals surface area contributed by atoms with Crippen molar-refractivity contribution in [2.75, 3.05) is 12.3 Å². The lowest BCUT2D eigenvalue weighted by Crippen LogP contribution is -2.44. The number of hydrogen-bond donors (Lipinski definition) is 1. The van der Waals surface area contributed by atoms with E-state index in [1.54, 1.807) is 23.1 Å². The minimum absolute atomic E-state index is 0.0326. The Morgan fingerprint density at radius 3 is 2.63 bits per heavy atom. The van der Waals surface area contributed by atoms with E-state index in [1.165, 1.54) is 0 Å². The van der Waals surface area contributed by atoms with Crippen LogP contribution in [-0.4, -0.2) is 22.9 Å². The summed E-state index contributed by atoms with van der Waals surface area (Å²) in [4.78, 5) is 14.0. The Labute approximate surface area is 115 Å². The molecule has 0 spiro atoms. The van der Waals surface area contributed by atoms with Crippen LogP contribution in [-0.2, 0) is 4.79 Å². The van der Waals surface area contributed by atoms with Crippen LogP contribution in [0, 0.1) is 0 Å². The second kappa shape index (κ2) is 6.23. The number of hydrogen-bond acceptors (Lipinski definition) is 2. The molecule has 3 heteroatoms. The zero-order valence-electron chi connectivity index (χ0n) is 11.9. The van der Waals surface area contributed by atoms with Gasteiger partial charge in [0.15, 0.2) is 0 Å². The van der Waals surface area contributed by atoms with E-state index in [9.17, 15) is 4.79 Å². The Morgan fingerprint density at radius 2 is 2.11 bits per heavy atom. The highest BCUT2D eigenvalue weighted by molar-refractivity contribution is 5.92. The highest BCUT2D eigenvalue weighted by Crippen LogP contribution is 2.15. The second-order valence-corrected chi connectivity index (χ2v) is 5.41. The number of carbonyl (C=O) groups is 1. The van der Waals surface area contributed by atoms with Gasteiger partial charge in [0, 0.05) is 23.8 Å². The van der Waals surface area contributed by atoms with Gasteiger partial charge in [-0.25, -0.2) is 0 Å². The molecule has 0 aromatic heterocycles. The number of amides is 1. The van der Waals surface area contributed by atoms with Gasteiger partial charge in [0.1, 0.15) is 0 Å². The lowest BCUT2D eigenvalue weighted by atomic mass is 10.1. The molecule has 0 heterocycles. The van der Waals surface area contributed by atoms with E-state index >= 15 is 0 Å². The van der Waals surface area contributed by atoms with Crippen molar-refractivity contribution in [3.8, 4) is 0 Å². The maximum Gasteiger partial charge on any atom is 0.247 e. The molecular weight excluding hydrogens is 236 g/mol. The lowest BCUT2D eigenvalue weighted by molar-refractivity contribution is -0.129. The summed E-state index contributed by atoms with van der Waals surface area (Å²) in [6.07, 6.45) is 5.08. The monoisotopic (exact) mass is 258 g/mol. The highest BCUT2D eigenvalue weighted by atomic mass is 16.2. The van der Waals surface area contributed by atoms with Crippen LogP contribution in [0.5, 0.6) is 0 Å². The molecule has 3 nitrogen and oxygen atoms in total. The lowest BCUT2D eigenvalue weighted by Gasteiger charge is -2.34. The fourth-order valence-electron chi connectivity index (χ4n) is 1.74. The van der Waals surface area contributed by atoms with E-state index in [0.29, 0.717) is 12.2 Å². The molecule has 1 aromatic rings. The van der Waals surface area contributed by atoms with Crippen LogP contribution in [0.25, 0.3) is 6.08 Å². The average molecular weight is 258 g/mol. The topological polar surface area (TPSA) is 46.3 Å². The van der Waals surface area contributed by atoms with Gasteiger partial charge in [-0.15, -0.1) is 6.58 Å². The van der Waals surface area contributed by atoms with Crippen LogP contribution in [0.4, 0.5) is 5.69 Å². The van der Waals surface area contributed by atoms with E-state index in [-0.39, 0.29) is 11.4 Å². The van der Waals surface area contributed by atoms with Gasteiger partial charge in [-0.1, -0.05) is 18.2 Å². The smallest absolute Gasteiger partial charge is 0.247 e. The third kappa shape index (κ3) is 4.62. The normalized spacial score (nSPS) is 11.5. The molecule has 0 aliphatic rings. The SMILES string of the molecule is C=CCN(C(=O)/C=C/c1cccc(N)c1)C(C)(C)C. The van der Waals surface area contributed by atoms with Crippen molar-refractivity contribution in [1.82, 2.24) is 4.90 Å². The van der Waals surface area contributed by atoms with Crippen LogP contribution < -0.4 is 5.73 Å². The number of anilines is 1. The van der Waals surface area contributed by atoms with Gasteiger partial charge in [0.2, 0.25) is 5.91 Å². The standard InChI is InChI=1S/C16H22N2O/c1-5-11-18(16(2,3)4)15(19)10-9-13-7-6-8-14(17)12-13/h5-10,12H,1,11,17H2,2-4H3/b10-9+. The average Bonchev–Trinajstić information content (AvgIpc) is 2.32. The van der Waals surface area contributed by atoms with Crippen molar-refractivity contribution in [2.45, 2.75) is 26.3 Å². The molecule has 1 amide bonds. The van der Waals surface area contributed by atoms with Crippen molar-refractivity contribution >= 4 is 17.7 Å². The van der Waals surface area contributed by atoms with E-state index < -0.39 is 0 Å². The first kappa shape index (κ1) is 15.0. The first-order valence-corrected chi connectivity index (χ1v) is 6.30. The number of benzene rings is 1. The van der Waals surface area contributed by atoms with Gasteiger partial charge < -0.3 is 10.6 Å². The molecule has 2 N–H and O–H groups in total. The van der Waals surface area contributed by atoms with E-state index in [4.69, 9.17) is 5.73 Å². The molecule has 1 rings (SSSR count). The Balaban J connectivity index is 2.85. The van der Waals surface area contributed by atoms with Crippen LogP contribution in [0.15, 0.2) is 43.0 Å². The summed E-state index contributed by atoms with van der Waals surface area (Å²) in [6.45, 7) is 10.2. The molecular formula is C16H22N2O. The van der Waals surface area contributed by atoms with Crippen molar-refractivity contribution in [1.29, 1.82) is 0 Å². The molecule has 0 aliphatic carbocycles. The quantitative estimate of drug-likeness (QED) is 0.512. The maximum atomic E-state index is 12.2. The van der Waals surface area contributed by atoms with E-state index in [2.05, 4.69) is 6.58 Å². The largest absolute Gasteiger partial charge is 0.399 e. The first-order chi connectivity index (χ1) is 8.84. The van der Waals surface area contributed by atoms with Gasteiger partial charge in [0.05, 0.1) is 0 Å². The van der Waals surface area contributed by atoms with Crippen molar-refractivity contribution in [3.05, 3.63) is 48.6 Å². The summed E-state index contributed by atoms with van der Waals surface area (Å²) in [6, 6.07) is 7.43. The summed E-state index contributed by atoms with van der Waals surface area (Å²) in [5.74, 6) is -0.0326. The molecule has 0 radical (unpaired) electrons. The van der Waals surface area contributed by atoms with Crippen LogP contribution >= 0.6 is 0 Å². The molecule has 19 heavy (non-hydrogen) atoms. The maximum absolute atomic E-state index is 12.2. The Kier molecular flexibility index (Phi) is 4.93. The molecule has 0 aliphatic heterocycles. The van der Waals surface area contributed by atoms with Crippen molar-refractivity contribution in [3.63, 3.8) is 0 Å². The summed E-state index contributed by atoms with van der Waals surface area (Å²) in [7, 11) is 0. The number of carbonyl (C=O) groups excluding carboxylic acids is 1. The fraction of sp³-hybridized carbons (Fsp3) is 0.312. The van der Waals surface area contributed by atoms with Crippen molar-refractivity contribution < 1.29 is 4.79 Å². The number of nitrogens with two attached hydrogens (primary N) is 1. The van der Waals surface area contributed by atoms with Gasteiger partial charge in [0.25, 0.3) is 0 Å². The summed E-state index contributed by atoms with van der Waals surface area (Å²) in [5, 5.41) is 0. The number of nitrogens with zero attached hydrogens (tertiary/aromatic N) is 1. The van der Waals surface area contributed by atoms with E-state index in [0.717, 1.165) is 5.56 Å². The van der Waals surface area contributed by atoms with E-state index in [1.807, 2.05) is 45.0 Å². The van der Waals surface area contributed by atoms with Gasteiger partial charge in [-0.05, 0) is 44.5 Å². The molecule has 0 unspecified atom stereocenters. The Morgan fingerprint density at radius 1 is 1.42 bits per heavy atom. The zero-order chi connectivity index (χ0) is 14.5. The number of nitrogen functional groups attached to an aromatic ring is 1. The predicted octanol–water partition coefficient (Wildman–Crippen LogP) is 3.10. The minimum atomic E-state index is -0.231. The highest BCUT2D eigenvalue weighted by Gasteiger charge is 2.23.